The van der Waals surface area contributed by atoms with E-state index in [1.165, 1.54) is 0 Å². The Bertz CT molecular complexity index is 156. The van der Waals surface area contributed by atoms with Crippen LogP contribution in [0.5, 0.6) is 0 Å². The number of nitrogens with zero attached hydrogens (tertiary/aromatic N) is 2. The summed E-state index contributed by atoms with van der Waals surface area (Å²) >= 11 is 1.86. The highest BCUT2D eigenvalue weighted by Gasteiger charge is 2.17. The van der Waals surface area contributed by atoms with Crippen molar-refractivity contribution in [2.24, 2.45) is 0 Å². The van der Waals surface area contributed by atoms with Crippen LogP contribution in [0.25, 0.3) is 0 Å². The van der Waals surface area contributed by atoms with Gasteiger partial charge in [0, 0.05) is 38.9 Å². The fraction of sp³-hybridized carbons (Fsp3) is 0.900. The first kappa shape index (κ1) is 13.8. The summed E-state index contributed by atoms with van der Waals surface area (Å²) in [4.78, 5) is 12.9. The molecule has 4 heteroatoms. The molecule has 0 atom stereocenters. The lowest BCUT2D eigenvalue weighted by Gasteiger charge is -2.32. The summed E-state index contributed by atoms with van der Waals surface area (Å²) in [5.41, 5.74) is 0. The minimum atomic E-state index is 0.205. The molecule has 14 heavy (non-hydrogen) atoms. The van der Waals surface area contributed by atoms with Crippen LogP contribution >= 0.6 is 11.9 Å². The van der Waals surface area contributed by atoms with E-state index in [0.717, 1.165) is 31.9 Å². The maximum atomic E-state index is 11.0. The Hall–Kier alpha value is -0.220. The second-order valence-electron chi connectivity index (χ2n) is 2.85. The van der Waals surface area contributed by atoms with Gasteiger partial charge in [0.05, 0.1) is 0 Å². The molecule has 0 aromatic rings. The van der Waals surface area contributed by atoms with Gasteiger partial charge in [-0.1, -0.05) is 32.7 Å². The molecular formula is C10H22N2OS. The topological polar surface area (TPSA) is 23.6 Å². The van der Waals surface area contributed by atoms with Crippen LogP contribution in [0.4, 0.5) is 0 Å². The van der Waals surface area contributed by atoms with Crippen LogP contribution < -0.4 is 0 Å². The Balaban J connectivity index is 0.000000791. The monoisotopic (exact) mass is 218 g/mol. The maximum absolute atomic E-state index is 11.0. The lowest BCUT2D eigenvalue weighted by Crippen LogP contribution is -2.45. The Labute approximate surface area is 92.0 Å². The zero-order chi connectivity index (χ0) is 11.0. The summed E-state index contributed by atoms with van der Waals surface area (Å²) in [6, 6.07) is 0. The van der Waals surface area contributed by atoms with Crippen molar-refractivity contribution in [3.8, 4) is 0 Å². The predicted octanol–water partition coefficient (Wildman–Crippen LogP) is 1.84. The summed E-state index contributed by atoms with van der Waals surface area (Å²) in [6.45, 7) is 11.6. The summed E-state index contributed by atoms with van der Waals surface area (Å²) in [5, 5.41) is 0. The van der Waals surface area contributed by atoms with Gasteiger partial charge >= 0.3 is 0 Å². The van der Waals surface area contributed by atoms with E-state index in [0.29, 0.717) is 0 Å². The van der Waals surface area contributed by atoms with Crippen LogP contribution in [0, 0.1) is 0 Å². The summed E-state index contributed by atoms with van der Waals surface area (Å²) in [5.74, 6) is 1.33. The van der Waals surface area contributed by atoms with Crippen LogP contribution in [0.3, 0.4) is 0 Å². The fourth-order valence-electron chi connectivity index (χ4n) is 1.31. The van der Waals surface area contributed by atoms with Crippen molar-refractivity contribution in [1.29, 1.82) is 0 Å². The molecule has 0 N–H and O–H groups in total. The third kappa shape index (κ3) is 4.86. The smallest absolute Gasteiger partial charge is 0.219 e. The minimum Gasteiger partial charge on any atom is -0.340 e. The van der Waals surface area contributed by atoms with Crippen LogP contribution in [0.1, 0.15) is 27.7 Å². The molecule has 0 aromatic carbocycles. The second kappa shape index (κ2) is 8.12. The lowest BCUT2D eigenvalue weighted by molar-refractivity contribution is -0.129. The van der Waals surface area contributed by atoms with E-state index >= 15 is 0 Å². The predicted molar refractivity (Wildman–Crippen MR) is 63.3 cm³/mol. The van der Waals surface area contributed by atoms with Crippen molar-refractivity contribution in [1.82, 2.24) is 9.21 Å². The highest BCUT2D eigenvalue weighted by Crippen LogP contribution is 2.12. The van der Waals surface area contributed by atoms with Gasteiger partial charge in [-0.3, -0.25) is 4.79 Å². The first-order valence-corrected chi connectivity index (χ1v) is 6.31. The highest BCUT2D eigenvalue weighted by atomic mass is 32.2. The van der Waals surface area contributed by atoms with Crippen LogP contribution in [0.2, 0.25) is 0 Å². The first-order chi connectivity index (χ1) is 6.74. The Kier molecular flexibility index (Phi) is 7.99. The fourth-order valence-corrected chi connectivity index (χ4v) is 2.10. The molecule has 0 saturated carbocycles. The van der Waals surface area contributed by atoms with E-state index in [2.05, 4.69) is 11.2 Å². The van der Waals surface area contributed by atoms with E-state index < -0.39 is 0 Å². The Morgan fingerprint density at radius 3 is 2.07 bits per heavy atom. The van der Waals surface area contributed by atoms with Gasteiger partial charge in [0.2, 0.25) is 5.91 Å². The molecule has 1 fully saturated rings. The summed E-state index contributed by atoms with van der Waals surface area (Å²) in [6.07, 6.45) is 0. The molecule has 1 rings (SSSR count). The molecule has 3 nitrogen and oxygen atoms in total. The molecule has 1 aliphatic heterocycles. The Morgan fingerprint density at radius 2 is 1.71 bits per heavy atom. The van der Waals surface area contributed by atoms with Gasteiger partial charge in [0.15, 0.2) is 0 Å². The number of carbonyl (C=O) groups excluding carboxylic acids is 1. The molecule has 1 heterocycles. The molecule has 0 spiro atoms. The number of rotatable bonds is 2. The lowest BCUT2D eigenvalue weighted by atomic mass is 10.3. The molecule has 84 valence electrons. The normalized spacial score (nSPS) is 17.3. The molecule has 1 aliphatic rings. The standard InChI is InChI=1S/C8H16N2OS.C2H6/c1-3-12-10-6-4-9(5-7-10)8(2)11;1-2/h3-7H2,1-2H3;1-2H3. The highest BCUT2D eigenvalue weighted by molar-refractivity contribution is 7.96. The van der Waals surface area contributed by atoms with E-state index in [-0.39, 0.29) is 5.91 Å². The quantitative estimate of drug-likeness (QED) is 0.661. The van der Waals surface area contributed by atoms with Gasteiger partial charge in [0.1, 0.15) is 0 Å². The van der Waals surface area contributed by atoms with Crippen LogP contribution in [-0.2, 0) is 4.79 Å². The average Bonchev–Trinajstić information content (AvgIpc) is 2.22. The molecule has 1 amide bonds. The van der Waals surface area contributed by atoms with Gasteiger partial charge in [-0.25, -0.2) is 4.31 Å². The SMILES string of the molecule is CC.CCSN1CCN(C(C)=O)CC1. The third-order valence-electron chi connectivity index (χ3n) is 2.00. The van der Waals surface area contributed by atoms with Crippen LogP contribution in [0.15, 0.2) is 0 Å². The van der Waals surface area contributed by atoms with E-state index in [9.17, 15) is 4.79 Å². The van der Waals surface area contributed by atoms with E-state index in [1.54, 1.807) is 6.92 Å². The van der Waals surface area contributed by atoms with Crippen molar-refractivity contribution in [3.63, 3.8) is 0 Å². The molecule has 0 aromatic heterocycles. The molecule has 0 radical (unpaired) electrons. The molecule has 0 bridgehead atoms. The summed E-state index contributed by atoms with van der Waals surface area (Å²) < 4.78 is 2.33. The molecule has 1 saturated heterocycles. The minimum absolute atomic E-state index is 0.205. The number of amides is 1. The van der Waals surface area contributed by atoms with Gasteiger partial charge in [-0.05, 0) is 0 Å². The zero-order valence-electron chi connectivity index (χ0n) is 9.75. The number of carbonyl (C=O) groups is 1. The Morgan fingerprint density at radius 1 is 1.21 bits per heavy atom. The first-order valence-electron chi connectivity index (χ1n) is 5.37. The number of piperazine rings is 1. The van der Waals surface area contributed by atoms with Crippen LogP contribution in [-0.4, -0.2) is 47.0 Å². The summed E-state index contributed by atoms with van der Waals surface area (Å²) in [7, 11) is 0. The molecule has 0 unspecified atom stereocenters. The largest absolute Gasteiger partial charge is 0.340 e. The third-order valence-corrected chi connectivity index (χ3v) is 2.98. The molecular weight excluding hydrogens is 196 g/mol. The van der Waals surface area contributed by atoms with E-state index in [4.69, 9.17) is 0 Å². The van der Waals surface area contributed by atoms with Crippen molar-refractivity contribution in [2.45, 2.75) is 27.7 Å². The van der Waals surface area contributed by atoms with Gasteiger partial charge < -0.3 is 4.90 Å². The van der Waals surface area contributed by atoms with Gasteiger partial charge in [-0.2, -0.15) is 0 Å². The zero-order valence-corrected chi connectivity index (χ0v) is 10.6. The number of hydrogen-bond donors (Lipinski definition) is 0. The van der Waals surface area contributed by atoms with Crippen molar-refractivity contribution < 1.29 is 4.79 Å². The van der Waals surface area contributed by atoms with E-state index in [1.807, 2.05) is 30.7 Å². The maximum Gasteiger partial charge on any atom is 0.219 e. The van der Waals surface area contributed by atoms with Crippen molar-refractivity contribution in [2.75, 3.05) is 31.9 Å². The van der Waals surface area contributed by atoms with Gasteiger partial charge in [0.25, 0.3) is 0 Å². The van der Waals surface area contributed by atoms with Crippen molar-refractivity contribution >= 4 is 17.9 Å². The number of hydrogen-bond acceptors (Lipinski definition) is 3. The van der Waals surface area contributed by atoms with Gasteiger partial charge in [-0.15, -0.1) is 0 Å². The average molecular weight is 218 g/mol. The van der Waals surface area contributed by atoms with Crippen molar-refractivity contribution in [3.05, 3.63) is 0 Å². The molecule has 0 aliphatic carbocycles. The second-order valence-corrected chi connectivity index (χ2v) is 4.20.